The lowest BCUT2D eigenvalue weighted by Gasteiger charge is -2.38. The van der Waals surface area contributed by atoms with E-state index in [2.05, 4.69) is 15.0 Å². The van der Waals surface area contributed by atoms with Gasteiger partial charge in [-0.05, 0) is 18.2 Å². The van der Waals surface area contributed by atoms with Crippen molar-refractivity contribution in [2.75, 3.05) is 26.2 Å². The zero-order chi connectivity index (χ0) is 22.2. The first-order valence-electron chi connectivity index (χ1n) is 10.5. The number of aromatic hydroxyl groups is 1. The molecule has 5 rings (SSSR count). The molecular formula is C22H22FN5O3S. The fourth-order valence-corrected chi connectivity index (χ4v) is 5.19. The Morgan fingerprint density at radius 3 is 2.66 bits per heavy atom. The minimum absolute atomic E-state index is 0.0282. The lowest BCUT2D eigenvalue weighted by atomic mass is 10.0. The average Bonchev–Trinajstić information content (AvgIpc) is 3.54. The number of thiazole rings is 1. The standard InChI is InChI=1S/C22H22FN5O3S/c1-2-17-24-22-28(25-17)21(30)19(32-22)18(14-6-3-4-7-15(14)23)26-9-11-27(12-10-26)20(29)16-8-5-13-31-16/h3-8,13,18,30H,2,9-12H2,1H3/t18-/m0/s1. The van der Waals surface area contributed by atoms with Gasteiger partial charge in [-0.15, -0.1) is 5.10 Å². The zero-order valence-electron chi connectivity index (χ0n) is 17.4. The second-order valence-corrected chi connectivity index (χ2v) is 8.60. The summed E-state index contributed by atoms with van der Waals surface area (Å²) in [5, 5.41) is 15.3. The van der Waals surface area contributed by atoms with Crippen LogP contribution >= 0.6 is 11.3 Å². The Kier molecular flexibility index (Phi) is 5.40. The average molecular weight is 456 g/mol. The molecule has 4 heterocycles. The van der Waals surface area contributed by atoms with Crippen molar-refractivity contribution in [3.63, 3.8) is 0 Å². The highest BCUT2D eigenvalue weighted by Gasteiger charge is 2.34. The van der Waals surface area contributed by atoms with Gasteiger partial charge in [-0.1, -0.05) is 36.5 Å². The number of benzene rings is 1. The fourth-order valence-electron chi connectivity index (χ4n) is 4.06. The van der Waals surface area contributed by atoms with Crippen LogP contribution in [0.15, 0.2) is 47.1 Å². The number of aromatic nitrogens is 3. The van der Waals surface area contributed by atoms with Crippen LogP contribution in [0.4, 0.5) is 4.39 Å². The number of aryl methyl sites for hydroxylation is 1. The van der Waals surface area contributed by atoms with Crippen LogP contribution in [0.25, 0.3) is 4.96 Å². The van der Waals surface area contributed by atoms with Crippen LogP contribution in [0, 0.1) is 5.82 Å². The van der Waals surface area contributed by atoms with Crippen molar-refractivity contribution >= 4 is 22.2 Å². The third-order valence-corrected chi connectivity index (χ3v) is 6.78. The number of rotatable bonds is 5. The highest BCUT2D eigenvalue weighted by atomic mass is 32.1. The fraction of sp³-hybridized carbons (Fsp3) is 0.318. The number of halogens is 1. The zero-order valence-corrected chi connectivity index (χ0v) is 18.3. The number of carbonyl (C=O) groups is 1. The van der Waals surface area contributed by atoms with E-state index in [-0.39, 0.29) is 17.6 Å². The number of fused-ring (bicyclic) bond motifs is 1. The van der Waals surface area contributed by atoms with Crippen molar-refractivity contribution in [1.29, 1.82) is 0 Å². The molecule has 0 unspecified atom stereocenters. The Bertz CT molecular complexity index is 1240. The molecule has 1 atom stereocenters. The third-order valence-electron chi connectivity index (χ3n) is 5.71. The molecule has 166 valence electrons. The first kappa shape index (κ1) is 20.7. The van der Waals surface area contributed by atoms with Gasteiger partial charge in [0.25, 0.3) is 5.91 Å². The lowest BCUT2D eigenvalue weighted by molar-refractivity contribution is 0.0565. The Morgan fingerprint density at radius 1 is 1.22 bits per heavy atom. The van der Waals surface area contributed by atoms with Crippen LogP contribution in [0.1, 0.15) is 39.8 Å². The van der Waals surface area contributed by atoms with E-state index in [1.807, 2.05) is 6.92 Å². The maximum atomic E-state index is 14.9. The van der Waals surface area contributed by atoms with Gasteiger partial charge in [0.2, 0.25) is 10.8 Å². The largest absolute Gasteiger partial charge is 0.492 e. The molecule has 10 heteroatoms. The number of piperazine rings is 1. The van der Waals surface area contributed by atoms with Gasteiger partial charge in [-0.3, -0.25) is 9.69 Å². The monoisotopic (exact) mass is 455 g/mol. The summed E-state index contributed by atoms with van der Waals surface area (Å²) < 4.78 is 21.5. The van der Waals surface area contributed by atoms with Crippen molar-refractivity contribution in [2.45, 2.75) is 19.4 Å². The predicted octanol–water partition coefficient (Wildman–Crippen LogP) is 3.34. The lowest BCUT2D eigenvalue weighted by Crippen LogP contribution is -2.49. The summed E-state index contributed by atoms with van der Waals surface area (Å²) in [5.41, 5.74) is 0.467. The van der Waals surface area contributed by atoms with Gasteiger partial charge in [0.05, 0.1) is 17.2 Å². The Labute approximate surface area is 187 Å². The van der Waals surface area contributed by atoms with Crippen molar-refractivity contribution in [3.8, 4) is 5.88 Å². The van der Waals surface area contributed by atoms with Crippen LogP contribution in [0.2, 0.25) is 0 Å². The smallest absolute Gasteiger partial charge is 0.289 e. The molecule has 1 saturated heterocycles. The van der Waals surface area contributed by atoms with Gasteiger partial charge in [0.15, 0.2) is 11.6 Å². The van der Waals surface area contributed by atoms with E-state index in [0.29, 0.717) is 59.6 Å². The number of carbonyl (C=O) groups excluding carboxylic acids is 1. The molecule has 0 saturated carbocycles. The topological polar surface area (TPSA) is 87.1 Å². The Balaban J connectivity index is 1.47. The molecule has 1 fully saturated rings. The molecule has 8 nitrogen and oxygen atoms in total. The number of hydrogen-bond acceptors (Lipinski definition) is 7. The molecule has 1 aliphatic heterocycles. The minimum Gasteiger partial charge on any atom is -0.492 e. The number of hydrogen-bond donors (Lipinski definition) is 1. The second kappa shape index (κ2) is 8.36. The van der Waals surface area contributed by atoms with Crippen LogP contribution in [0.3, 0.4) is 0 Å². The summed E-state index contributed by atoms with van der Waals surface area (Å²) in [6, 6.07) is 9.39. The molecule has 0 spiro atoms. The number of nitrogens with zero attached hydrogens (tertiary/aromatic N) is 5. The summed E-state index contributed by atoms with van der Waals surface area (Å²) in [6.45, 7) is 3.90. The normalized spacial score (nSPS) is 16.0. The first-order chi connectivity index (χ1) is 15.6. The van der Waals surface area contributed by atoms with E-state index in [1.54, 1.807) is 35.2 Å². The molecule has 0 radical (unpaired) electrons. The van der Waals surface area contributed by atoms with Gasteiger partial charge in [-0.2, -0.15) is 4.52 Å². The van der Waals surface area contributed by atoms with Crippen molar-refractivity contribution < 1.29 is 18.7 Å². The minimum atomic E-state index is -0.518. The number of furan rings is 1. The van der Waals surface area contributed by atoms with E-state index in [1.165, 1.54) is 28.2 Å². The molecule has 1 N–H and O–H groups in total. The van der Waals surface area contributed by atoms with E-state index in [0.717, 1.165) is 0 Å². The maximum absolute atomic E-state index is 14.9. The van der Waals surface area contributed by atoms with Gasteiger partial charge in [-0.25, -0.2) is 9.37 Å². The summed E-state index contributed by atoms with van der Waals surface area (Å²) in [4.78, 5) is 22.0. The Hall–Kier alpha value is -3.24. The van der Waals surface area contributed by atoms with Gasteiger partial charge < -0.3 is 14.4 Å². The highest BCUT2D eigenvalue weighted by molar-refractivity contribution is 7.17. The molecule has 0 aliphatic carbocycles. The summed E-state index contributed by atoms with van der Waals surface area (Å²) in [5.74, 6) is 0.411. The molecule has 1 amide bonds. The molecule has 0 bridgehead atoms. The van der Waals surface area contributed by atoms with Crippen molar-refractivity contribution in [2.24, 2.45) is 0 Å². The molecule has 3 aromatic heterocycles. The molecule has 1 aliphatic rings. The maximum Gasteiger partial charge on any atom is 0.289 e. The summed E-state index contributed by atoms with van der Waals surface area (Å²) in [7, 11) is 0. The van der Waals surface area contributed by atoms with Crippen molar-refractivity contribution in [1.82, 2.24) is 24.4 Å². The predicted molar refractivity (Wildman–Crippen MR) is 116 cm³/mol. The quantitative estimate of drug-likeness (QED) is 0.497. The van der Waals surface area contributed by atoms with E-state index in [9.17, 15) is 14.3 Å². The molecule has 1 aromatic carbocycles. The van der Waals surface area contributed by atoms with Crippen LogP contribution in [-0.2, 0) is 6.42 Å². The SMILES string of the molecule is CCc1nc2sc([C@H](c3ccccc3F)N3CCN(C(=O)c4ccco4)CC3)c(O)n2n1. The van der Waals surface area contributed by atoms with Crippen molar-refractivity contribution in [3.05, 3.63) is 70.5 Å². The number of amides is 1. The highest BCUT2D eigenvalue weighted by Crippen LogP contribution is 2.41. The van der Waals surface area contributed by atoms with Gasteiger partial charge in [0.1, 0.15) is 5.82 Å². The molecule has 32 heavy (non-hydrogen) atoms. The second-order valence-electron chi connectivity index (χ2n) is 7.60. The Morgan fingerprint density at radius 2 is 2.00 bits per heavy atom. The van der Waals surface area contributed by atoms with Gasteiger partial charge >= 0.3 is 0 Å². The molecular weight excluding hydrogens is 433 g/mol. The molecule has 4 aromatic rings. The van der Waals surface area contributed by atoms with Crippen LogP contribution in [0.5, 0.6) is 5.88 Å². The van der Waals surface area contributed by atoms with Crippen LogP contribution in [-0.4, -0.2) is 61.6 Å². The van der Waals surface area contributed by atoms with E-state index in [4.69, 9.17) is 4.42 Å². The van der Waals surface area contributed by atoms with Gasteiger partial charge in [0, 0.05) is 38.2 Å². The van der Waals surface area contributed by atoms with Crippen LogP contribution < -0.4 is 0 Å². The van der Waals surface area contributed by atoms with E-state index >= 15 is 0 Å². The first-order valence-corrected chi connectivity index (χ1v) is 11.3. The third kappa shape index (κ3) is 3.55. The van der Waals surface area contributed by atoms with E-state index < -0.39 is 6.04 Å². The summed E-state index contributed by atoms with van der Waals surface area (Å²) in [6.07, 6.45) is 2.14. The summed E-state index contributed by atoms with van der Waals surface area (Å²) >= 11 is 1.31.